The molecule has 32 heavy (non-hydrogen) atoms. The van der Waals surface area contributed by atoms with Crippen molar-refractivity contribution in [2.45, 2.75) is 30.8 Å². The topological polar surface area (TPSA) is 93.2 Å². The van der Waals surface area contributed by atoms with Crippen LogP contribution in [-0.4, -0.2) is 58.0 Å². The van der Waals surface area contributed by atoms with Gasteiger partial charge in [-0.05, 0) is 44.0 Å². The molecular weight excluding hydrogens is 432 g/mol. The monoisotopic (exact) mass is 458 g/mol. The first-order chi connectivity index (χ1) is 15.3. The van der Waals surface area contributed by atoms with Gasteiger partial charge in [-0.2, -0.15) is 0 Å². The molecule has 1 atom stereocenters. The highest BCUT2D eigenvalue weighted by molar-refractivity contribution is 7.92. The number of carbonyl (C=O) groups excluding carboxylic acids is 2. The Kier molecular flexibility index (Phi) is 6.10. The smallest absolute Gasteiger partial charge is 0.308 e. The van der Waals surface area contributed by atoms with E-state index in [9.17, 15) is 18.0 Å². The molecule has 2 aliphatic rings. The number of para-hydroxylation sites is 2. The third-order valence-electron chi connectivity index (χ3n) is 5.96. The molecule has 2 aliphatic heterocycles. The maximum Gasteiger partial charge on any atom is 0.308 e. The Hall–Kier alpha value is -3.07. The zero-order valence-electron chi connectivity index (χ0n) is 18.1. The van der Waals surface area contributed by atoms with Crippen molar-refractivity contribution in [3.05, 3.63) is 54.1 Å². The van der Waals surface area contributed by atoms with Crippen molar-refractivity contribution in [1.82, 2.24) is 4.90 Å². The van der Waals surface area contributed by atoms with Crippen molar-refractivity contribution in [3.8, 4) is 5.75 Å². The molecule has 1 saturated heterocycles. The number of benzene rings is 2. The lowest BCUT2D eigenvalue weighted by Gasteiger charge is -2.38. The van der Waals surface area contributed by atoms with Gasteiger partial charge in [-0.15, -0.1) is 0 Å². The second-order valence-corrected chi connectivity index (χ2v) is 9.91. The molecule has 0 aliphatic carbocycles. The second kappa shape index (κ2) is 8.82. The van der Waals surface area contributed by atoms with E-state index in [1.807, 2.05) is 6.92 Å². The zero-order chi connectivity index (χ0) is 22.9. The highest BCUT2D eigenvalue weighted by Gasteiger charge is 2.40. The maximum atomic E-state index is 13.5. The number of anilines is 1. The number of methoxy groups -OCH3 is 1. The summed E-state index contributed by atoms with van der Waals surface area (Å²) in [6, 6.07) is 13.4. The Morgan fingerprint density at radius 3 is 2.34 bits per heavy atom. The molecule has 0 aromatic heterocycles. The number of piperidine rings is 1. The first kappa shape index (κ1) is 22.1. The van der Waals surface area contributed by atoms with Crippen molar-refractivity contribution in [2.75, 3.05) is 31.0 Å². The van der Waals surface area contributed by atoms with E-state index in [1.165, 1.54) is 11.4 Å². The van der Waals surface area contributed by atoms with E-state index in [4.69, 9.17) is 9.47 Å². The molecule has 9 heteroatoms. The minimum atomic E-state index is -3.89. The predicted octanol–water partition coefficient (Wildman–Crippen LogP) is 2.36. The van der Waals surface area contributed by atoms with E-state index < -0.39 is 16.1 Å². The van der Waals surface area contributed by atoms with Gasteiger partial charge in [-0.25, -0.2) is 8.42 Å². The standard InChI is InChI=1S/C23H26N2O6S/c1-16-7-9-18(10-8-16)32(28,29)25-15-21(31-20-6-4-3-5-19(20)25)22(26)24-13-11-17(12-14-24)23(27)30-2/h3-10,17,21H,11-15H2,1-2H3/t21-/m0/s1. The maximum absolute atomic E-state index is 13.5. The van der Waals surface area contributed by atoms with Gasteiger partial charge in [-0.1, -0.05) is 29.8 Å². The molecule has 0 bridgehead atoms. The Morgan fingerprint density at radius 2 is 1.69 bits per heavy atom. The van der Waals surface area contributed by atoms with Crippen molar-refractivity contribution < 1.29 is 27.5 Å². The number of hydrogen-bond acceptors (Lipinski definition) is 6. The summed E-state index contributed by atoms with van der Waals surface area (Å²) in [6.07, 6.45) is 0.0417. The normalized spacial score (nSPS) is 19.1. The lowest BCUT2D eigenvalue weighted by Crippen LogP contribution is -2.53. The molecule has 4 rings (SSSR count). The molecule has 2 heterocycles. The van der Waals surface area contributed by atoms with E-state index in [1.54, 1.807) is 53.4 Å². The highest BCUT2D eigenvalue weighted by atomic mass is 32.2. The molecule has 0 saturated carbocycles. The first-order valence-electron chi connectivity index (χ1n) is 10.5. The average molecular weight is 459 g/mol. The van der Waals surface area contributed by atoms with Gasteiger partial charge in [-0.3, -0.25) is 13.9 Å². The molecule has 0 unspecified atom stereocenters. The predicted molar refractivity (Wildman–Crippen MR) is 118 cm³/mol. The van der Waals surface area contributed by atoms with E-state index >= 15 is 0 Å². The van der Waals surface area contributed by atoms with Crippen LogP contribution in [0.25, 0.3) is 0 Å². The molecule has 8 nitrogen and oxygen atoms in total. The van der Waals surface area contributed by atoms with E-state index in [0.29, 0.717) is 37.4 Å². The van der Waals surface area contributed by atoms with Crippen molar-refractivity contribution >= 4 is 27.6 Å². The van der Waals surface area contributed by atoms with Crippen LogP contribution < -0.4 is 9.04 Å². The van der Waals surface area contributed by atoms with Gasteiger partial charge in [0.1, 0.15) is 5.75 Å². The van der Waals surface area contributed by atoms with Crippen molar-refractivity contribution in [3.63, 3.8) is 0 Å². The average Bonchev–Trinajstić information content (AvgIpc) is 2.82. The number of nitrogens with zero attached hydrogens (tertiary/aromatic N) is 2. The van der Waals surface area contributed by atoms with Gasteiger partial charge in [0, 0.05) is 13.1 Å². The van der Waals surface area contributed by atoms with Gasteiger partial charge in [0.25, 0.3) is 15.9 Å². The lowest BCUT2D eigenvalue weighted by atomic mass is 9.96. The summed E-state index contributed by atoms with van der Waals surface area (Å²) in [5, 5.41) is 0. The first-order valence-corrected chi connectivity index (χ1v) is 12.0. The van der Waals surface area contributed by atoms with E-state index in [2.05, 4.69) is 0 Å². The summed E-state index contributed by atoms with van der Waals surface area (Å²) in [5.41, 5.74) is 1.36. The molecule has 2 aromatic rings. The quantitative estimate of drug-likeness (QED) is 0.653. The minimum Gasteiger partial charge on any atom is -0.476 e. The van der Waals surface area contributed by atoms with Crippen molar-refractivity contribution in [1.29, 1.82) is 0 Å². The zero-order valence-corrected chi connectivity index (χ0v) is 18.9. The van der Waals surface area contributed by atoms with Crippen LogP contribution in [0.1, 0.15) is 18.4 Å². The Labute approximate surface area is 187 Å². The Balaban J connectivity index is 1.58. The highest BCUT2D eigenvalue weighted by Crippen LogP contribution is 2.37. The molecule has 170 valence electrons. The Bertz CT molecular complexity index is 1110. The number of carbonyl (C=O) groups is 2. The van der Waals surface area contributed by atoms with Crippen molar-refractivity contribution in [2.24, 2.45) is 5.92 Å². The van der Waals surface area contributed by atoms with Gasteiger partial charge in [0.05, 0.1) is 30.2 Å². The lowest BCUT2D eigenvalue weighted by molar-refractivity contribution is -0.150. The molecule has 0 N–H and O–H groups in total. The number of ether oxygens (including phenoxy) is 2. The summed E-state index contributed by atoms with van der Waals surface area (Å²) in [6.45, 7) is 2.55. The molecule has 2 aromatic carbocycles. The SMILES string of the molecule is COC(=O)C1CCN(C(=O)[C@@H]2CN(S(=O)(=O)c3ccc(C)cc3)c3ccccc3O2)CC1. The molecule has 0 spiro atoms. The molecule has 1 amide bonds. The minimum absolute atomic E-state index is 0.122. The summed E-state index contributed by atoms with van der Waals surface area (Å²) < 4.78 is 38.9. The molecular formula is C23H26N2O6S. The number of aryl methyl sites for hydroxylation is 1. The summed E-state index contributed by atoms with van der Waals surface area (Å²) in [7, 11) is -2.53. The molecule has 1 fully saturated rings. The fourth-order valence-corrected chi connectivity index (χ4v) is 5.58. The van der Waals surface area contributed by atoms with Gasteiger partial charge in [0.15, 0.2) is 6.10 Å². The van der Waals surface area contributed by atoms with E-state index in [0.717, 1.165) is 5.56 Å². The number of esters is 1. The van der Waals surface area contributed by atoms with Crippen LogP contribution in [0.4, 0.5) is 5.69 Å². The number of rotatable bonds is 4. The van der Waals surface area contributed by atoms with Gasteiger partial charge < -0.3 is 14.4 Å². The Morgan fingerprint density at radius 1 is 1.03 bits per heavy atom. The van der Waals surface area contributed by atoms with Gasteiger partial charge >= 0.3 is 5.97 Å². The fraction of sp³-hybridized carbons (Fsp3) is 0.391. The van der Waals surface area contributed by atoms with Crippen LogP contribution in [-0.2, 0) is 24.3 Å². The summed E-state index contributed by atoms with van der Waals surface area (Å²) in [4.78, 5) is 26.8. The van der Waals surface area contributed by atoms with Crippen LogP contribution in [0, 0.1) is 12.8 Å². The number of sulfonamides is 1. The summed E-state index contributed by atoms with van der Waals surface area (Å²) >= 11 is 0. The number of amides is 1. The molecule has 0 radical (unpaired) electrons. The van der Waals surface area contributed by atoms with Crippen LogP contribution >= 0.6 is 0 Å². The third-order valence-corrected chi connectivity index (χ3v) is 7.75. The van der Waals surface area contributed by atoms with Crippen LogP contribution in [0.2, 0.25) is 0 Å². The van der Waals surface area contributed by atoms with Crippen LogP contribution in [0.3, 0.4) is 0 Å². The van der Waals surface area contributed by atoms with Crippen LogP contribution in [0.15, 0.2) is 53.4 Å². The fourth-order valence-electron chi connectivity index (χ4n) is 4.10. The van der Waals surface area contributed by atoms with E-state index in [-0.39, 0.29) is 29.2 Å². The van der Waals surface area contributed by atoms with Crippen LogP contribution in [0.5, 0.6) is 5.75 Å². The largest absolute Gasteiger partial charge is 0.476 e. The second-order valence-electron chi connectivity index (χ2n) is 8.05. The number of likely N-dealkylation sites (tertiary alicyclic amines) is 1. The number of hydrogen-bond donors (Lipinski definition) is 0. The third kappa shape index (κ3) is 4.17. The van der Waals surface area contributed by atoms with Gasteiger partial charge in [0.2, 0.25) is 0 Å². The summed E-state index contributed by atoms with van der Waals surface area (Å²) in [5.74, 6) is -0.435. The number of fused-ring (bicyclic) bond motifs is 1.